The average molecular weight is 369 g/mol. The van der Waals surface area contributed by atoms with Crippen LogP contribution in [0.1, 0.15) is 38.5 Å². The molecule has 0 spiro atoms. The number of aromatic nitrogens is 4. The van der Waals surface area contributed by atoms with Crippen LogP contribution in [0.2, 0.25) is 0 Å². The van der Waals surface area contributed by atoms with Crippen LogP contribution in [0.25, 0.3) is 11.4 Å². The van der Waals surface area contributed by atoms with Crippen LogP contribution in [0.3, 0.4) is 0 Å². The lowest BCUT2D eigenvalue weighted by atomic mass is 9.48. The molecule has 0 saturated heterocycles. The molecule has 0 atom stereocenters. The summed E-state index contributed by atoms with van der Waals surface area (Å²) < 4.78 is 1.97. The third kappa shape index (κ3) is 2.70. The van der Waals surface area contributed by atoms with Gasteiger partial charge in [0.25, 0.3) is 0 Å². The van der Waals surface area contributed by atoms with Crippen molar-refractivity contribution in [2.24, 2.45) is 30.2 Å². The Morgan fingerprint density at radius 2 is 1.88 bits per heavy atom. The van der Waals surface area contributed by atoms with E-state index in [4.69, 9.17) is 0 Å². The topological polar surface area (TPSA) is 60.7 Å². The predicted molar refractivity (Wildman–Crippen MR) is 101 cm³/mol. The second kappa shape index (κ2) is 6.19. The Labute approximate surface area is 158 Å². The van der Waals surface area contributed by atoms with Gasteiger partial charge in [-0.25, -0.2) is 0 Å². The number of Topliss-reactive ketones (excluding diaryl/α,β-unsaturated/α-hetero) is 1. The molecule has 0 aromatic carbocycles. The summed E-state index contributed by atoms with van der Waals surface area (Å²) in [7, 11) is 1.96. The van der Waals surface area contributed by atoms with E-state index in [1.54, 1.807) is 12.4 Å². The molecule has 4 fully saturated rings. The van der Waals surface area contributed by atoms with Crippen molar-refractivity contribution in [3.63, 3.8) is 0 Å². The minimum Gasteiger partial charge on any atom is -0.305 e. The van der Waals surface area contributed by atoms with Crippen LogP contribution in [0.4, 0.5) is 0 Å². The molecule has 6 heteroatoms. The van der Waals surface area contributed by atoms with Gasteiger partial charge < -0.3 is 4.57 Å². The van der Waals surface area contributed by atoms with Crippen molar-refractivity contribution in [3.05, 3.63) is 24.5 Å². The summed E-state index contributed by atoms with van der Waals surface area (Å²) in [5, 5.41) is 9.41. The highest BCUT2D eigenvalue weighted by Crippen LogP contribution is 2.60. The van der Waals surface area contributed by atoms with E-state index in [1.165, 1.54) is 31.0 Å². The van der Waals surface area contributed by atoms with Crippen molar-refractivity contribution in [1.82, 2.24) is 19.7 Å². The number of ketones is 1. The first-order valence-corrected chi connectivity index (χ1v) is 10.6. The summed E-state index contributed by atoms with van der Waals surface area (Å²) >= 11 is 1.54. The number of thioether (sulfide) groups is 1. The number of hydrogen-bond donors (Lipinski definition) is 0. The van der Waals surface area contributed by atoms with Gasteiger partial charge in [0, 0.05) is 30.4 Å². The number of carbonyl (C=O) groups is 1. The fraction of sp³-hybridized carbons (Fsp3) is 0.600. The Morgan fingerprint density at radius 3 is 2.50 bits per heavy atom. The minimum absolute atomic E-state index is 0.0213. The van der Waals surface area contributed by atoms with E-state index in [2.05, 4.69) is 15.2 Å². The summed E-state index contributed by atoms with van der Waals surface area (Å²) in [5.41, 5.74) is 0.925. The molecule has 136 valence electrons. The molecule has 2 heterocycles. The number of hydrogen-bond acceptors (Lipinski definition) is 5. The van der Waals surface area contributed by atoms with E-state index >= 15 is 0 Å². The number of carbonyl (C=O) groups excluding carboxylic acids is 1. The highest BCUT2D eigenvalue weighted by molar-refractivity contribution is 7.99. The first-order valence-electron chi connectivity index (χ1n) is 9.59. The molecule has 0 unspecified atom stereocenters. The van der Waals surface area contributed by atoms with Crippen molar-refractivity contribution in [3.8, 4) is 11.4 Å². The molecule has 0 aliphatic heterocycles. The third-order valence-electron chi connectivity index (χ3n) is 6.72. The average Bonchev–Trinajstić information content (AvgIpc) is 3.00. The molecule has 2 aromatic heterocycles. The van der Waals surface area contributed by atoms with Gasteiger partial charge in [-0.3, -0.25) is 9.78 Å². The van der Waals surface area contributed by atoms with E-state index in [9.17, 15) is 4.79 Å². The molecule has 4 aliphatic carbocycles. The molecular weight excluding hydrogens is 344 g/mol. The van der Waals surface area contributed by atoms with E-state index in [0.29, 0.717) is 11.5 Å². The third-order valence-corrected chi connectivity index (χ3v) is 7.74. The Morgan fingerprint density at radius 1 is 1.19 bits per heavy atom. The normalized spacial score (nSPS) is 32.1. The summed E-state index contributed by atoms with van der Waals surface area (Å²) in [6, 6.07) is 3.87. The van der Waals surface area contributed by atoms with Crippen molar-refractivity contribution >= 4 is 17.5 Å². The van der Waals surface area contributed by atoms with Crippen molar-refractivity contribution < 1.29 is 4.79 Å². The Kier molecular flexibility index (Phi) is 3.92. The fourth-order valence-electron chi connectivity index (χ4n) is 5.92. The molecule has 2 aromatic rings. The monoisotopic (exact) mass is 368 g/mol. The molecule has 4 aliphatic rings. The smallest absolute Gasteiger partial charge is 0.191 e. The first kappa shape index (κ1) is 16.5. The molecule has 0 N–H and O–H groups in total. The Balaban J connectivity index is 1.30. The lowest BCUT2D eigenvalue weighted by Crippen LogP contribution is -2.50. The fourth-order valence-corrected chi connectivity index (χ4v) is 6.87. The zero-order valence-corrected chi connectivity index (χ0v) is 15.9. The standard InChI is InChI=1S/C20H24N4OS/c1-24-18(16-3-2-4-21-11-16)22-23-19(24)26-12-17(25)20-8-13-5-14(9-20)7-15(6-13)10-20/h2-4,11,13-15H,5-10,12H2,1H3. The van der Waals surface area contributed by atoms with Crippen LogP contribution in [0.5, 0.6) is 0 Å². The van der Waals surface area contributed by atoms with Crippen LogP contribution in [0.15, 0.2) is 29.7 Å². The zero-order valence-electron chi connectivity index (χ0n) is 15.1. The van der Waals surface area contributed by atoms with Gasteiger partial charge >= 0.3 is 0 Å². The van der Waals surface area contributed by atoms with Crippen LogP contribution >= 0.6 is 11.8 Å². The molecule has 4 bridgehead atoms. The molecule has 5 nitrogen and oxygen atoms in total. The van der Waals surface area contributed by atoms with Crippen LogP contribution in [0, 0.1) is 23.2 Å². The van der Waals surface area contributed by atoms with Gasteiger partial charge in [0.05, 0.1) is 5.75 Å². The van der Waals surface area contributed by atoms with Crippen molar-refractivity contribution in [2.45, 2.75) is 43.7 Å². The van der Waals surface area contributed by atoms with Gasteiger partial charge in [-0.15, -0.1) is 10.2 Å². The van der Waals surface area contributed by atoms with E-state index in [0.717, 1.165) is 53.6 Å². The number of pyridine rings is 1. The summed E-state index contributed by atoms with van der Waals surface area (Å²) in [4.78, 5) is 17.3. The molecular formula is C20H24N4OS. The van der Waals surface area contributed by atoms with Gasteiger partial charge in [-0.1, -0.05) is 11.8 Å². The summed E-state index contributed by atoms with van der Waals surface area (Å²) in [5.74, 6) is 4.19. The molecule has 0 radical (unpaired) electrons. The summed E-state index contributed by atoms with van der Waals surface area (Å²) in [6.07, 6.45) is 11.1. The summed E-state index contributed by atoms with van der Waals surface area (Å²) in [6.45, 7) is 0. The minimum atomic E-state index is -0.0213. The first-order chi connectivity index (χ1) is 12.6. The van der Waals surface area contributed by atoms with Gasteiger partial charge in [0.1, 0.15) is 5.78 Å². The maximum atomic E-state index is 13.2. The second-order valence-corrected chi connectivity index (χ2v) is 9.46. The predicted octanol–water partition coefficient (Wildman–Crippen LogP) is 3.75. The lowest BCUT2D eigenvalue weighted by Gasteiger charge is -2.56. The zero-order chi connectivity index (χ0) is 17.7. The van der Waals surface area contributed by atoms with Gasteiger partial charge in [-0.05, 0) is 68.4 Å². The quantitative estimate of drug-likeness (QED) is 0.752. The van der Waals surface area contributed by atoms with E-state index in [-0.39, 0.29) is 5.41 Å². The molecule has 26 heavy (non-hydrogen) atoms. The molecule has 6 rings (SSSR count). The van der Waals surface area contributed by atoms with E-state index in [1.807, 2.05) is 23.7 Å². The van der Waals surface area contributed by atoms with E-state index < -0.39 is 0 Å². The van der Waals surface area contributed by atoms with Gasteiger partial charge in [-0.2, -0.15) is 0 Å². The Hall–Kier alpha value is -1.69. The lowest BCUT2D eigenvalue weighted by molar-refractivity contribution is -0.141. The molecule has 4 saturated carbocycles. The van der Waals surface area contributed by atoms with Crippen LogP contribution < -0.4 is 0 Å². The molecule has 0 amide bonds. The van der Waals surface area contributed by atoms with Crippen LogP contribution in [-0.4, -0.2) is 31.3 Å². The van der Waals surface area contributed by atoms with Crippen molar-refractivity contribution in [1.29, 1.82) is 0 Å². The highest BCUT2D eigenvalue weighted by Gasteiger charge is 2.54. The highest BCUT2D eigenvalue weighted by atomic mass is 32.2. The van der Waals surface area contributed by atoms with Gasteiger partial charge in [0.2, 0.25) is 0 Å². The maximum absolute atomic E-state index is 13.2. The number of nitrogens with zero attached hydrogens (tertiary/aromatic N) is 4. The van der Waals surface area contributed by atoms with Gasteiger partial charge in [0.15, 0.2) is 11.0 Å². The van der Waals surface area contributed by atoms with Crippen molar-refractivity contribution in [2.75, 3.05) is 5.75 Å². The maximum Gasteiger partial charge on any atom is 0.191 e. The SMILES string of the molecule is Cn1c(SCC(=O)C23CC4CC(CC(C4)C2)C3)nnc1-c1cccnc1. The largest absolute Gasteiger partial charge is 0.305 e. The number of rotatable bonds is 5. The Bertz CT molecular complexity index is 796. The second-order valence-electron chi connectivity index (χ2n) is 8.52. The van der Waals surface area contributed by atoms with Crippen LogP contribution in [-0.2, 0) is 11.8 Å².